The summed E-state index contributed by atoms with van der Waals surface area (Å²) in [5, 5.41) is 14.0. The van der Waals surface area contributed by atoms with Crippen molar-refractivity contribution in [2.24, 2.45) is 5.92 Å². The first-order valence-corrected chi connectivity index (χ1v) is 7.45. The topological polar surface area (TPSA) is 66.4 Å². The third kappa shape index (κ3) is 4.32. The molecule has 0 aliphatic heterocycles. The fourth-order valence-electron chi connectivity index (χ4n) is 2.47. The van der Waals surface area contributed by atoms with Crippen molar-refractivity contribution in [2.45, 2.75) is 32.7 Å². The van der Waals surface area contributed by atoms with Crippen molar-refractivity contribution in [1.82, 2.24) is 5.32 Å². The molecule has 0 aromatic heterocycles. The Balaban J connectivity index is 2.04. The number of benzene rings is 2. The van der Waals surface area contributed by atoms with E-state index in [4.69, 9.17) is 5.11 Å². The molecule has 0 bridgehead atoms. The summed E-state index contributed by atoms with van der Waals surface area (Å²) in [6.07, 6.45) is 0.617. The Morgan fingerprint density at radius 3 is 2.41 bits per heavy atom. The van der Waals surface area contributed by atoms with Gasteiger partial charge in [0.15, 0.2) is 0 Å². The quantitative estimate of drug-likeness (QED) is 0.861. The maximum atomic E-state index is 12.1. The summed E-state index contributed by atoms with van der Waals surface area (Å²) in [5.41, 5.74) is 0.880. The summed E-state index contributed by atoms with van der Waals surface area (Å²) in [7, 11) is 0. The number of carboxylic acids is 1. The lowest BCUT2D eigenvalue weighted by molar-refractivity contribution is -0.142. The molecule has 0 unspecified atom stereocenters. The minimum atomic E-state index is -0.986. The Morgan fingerprint density at radius 2 is 1.77 bits per heavy atom. The van der Waals surface area contributed by atoms with Crippen molar-refractivity contribution in [1.29, 1.82) is 0 Å². The van der Waals surface area contributed by atoms with Crippen LogP contribution in [0.5, 0.6) is 0 Å². The fraction of sp³-hybridized carbons (Fsp3) is 0.333. The van der Waals surface area contributed by atoms with Gasteiger partial charge in [-0.15, -0.1) is 0 Å². The molecule has 0 radical (unpaired) electrons. The molecule has 2 aromatic carbocycles. The maximum Gasteiger partial charge on any atom is 0.326 e. The maximum absolute atomic E-state index is 12.1. The van der Waals surface area contributed by atoms with Crippen LogP contribution >= 0.6 is 0 Å². The number of hydrogen-bond donors (Lipinski definition) is 2. The molecule has 2 aromatic rings. The molecule has 2 rings (SSSR count). The smallest absolute Gasteiger partial charge is 0.326 e. The van der Waals surface area contributed by atoms with Crippen molar-refractivity contribution in [3.8, 4) is 0 Å². The van der Waals surface area contributed by atoms with Gasteiger partial charge in [0.1, 0.15) is 6.04 Å². The number of rotatable bonds is 6. The number of carbonyl (C=O) groups is 2. The molecule has 116 valence electrons. The Hall–Kier alpha value is -2.36. The number of aliphatic carboxylic acids is 1. The summed E-state index contributed by atoms with van der Waals surface area (Å²) >= 11 is 0. The lowest BCUT2D eigenvalue weighted by atomic mass is 10.0. The Labute approximate surface area is 130 Å². The van der Waals surface area contributed by atoms with E-state index in [1.54, 1.807) is 0 Å². The molecule has 0 aliphatic rings. The molecule has 0 saturated carbocycles. The molecule has 2 N–H and O–H groups in total. The fourth-order valence-corrected chi connectivity index (χ4v) is 2.47. The van der Waals surface area contributed by atoms with E-state index in [0.717, 1.165) is 16.3 Å². The molecule has 4 nitrogen and oxygen atoms in total. The largest absolute Gasteiger partial charge is 0.480 e. The molecular formula is C18H21NO3. The van der Waals surface area contributed by atoms with Crippen LogP contribution < -0.4 is 5.32 Å². The van der Waals surface area contributed by atoms with Gasteiger partial charge in [-0.3, -0.25) is 4.79 Å². The molecule has 0 saturated heterocycles. The van der Waals surface area contributed by atoms with Crippen LogP contribution in [-0.2, 0) is 16.0 Å². The summed E-state index contributed by atoms with van der Waals surface area (Å²) < 4.78 is 0. The molecular weight excluding hydrogens is 278 g/mol. The Morgan fingerprint density at radius 1 is 1.09 bits per heavy atom. The van der Waals surface area contributed by atoms with Crippen LogP contribution in [0.15, 0.2) is 42.5 Å². The lowest BCUT2D eigenvalue weighted by Crippen LogP contribution is -2.42. The van der Waals surface area contributed by atoms with Crippen LogP contribution in [0, 0.1) is 5.92 Å². The van der Waals surface area contributed by atoms with Crippen molar-refractivity contribution < 1.29 is 14.7 Å². The highest BCUT2D eigenvalue weighted by Gasteiger charge is 2.20. The molecule has 4 heteroatoms. The van der Waals surface area contributed by atoms with Crippen molar-refractivity contribution >= 4 is 22.6 Å². The van der Waals surface area contributed by atoms with E-state index in [1.165, 1.54) is 0 Å². The van der Waals surface area contributed by atoms with Crippen LogP contribution in [0.1, 0.15) is 25.8 Å². The van der Waals surface area contributed by atoms with Crippen molar-refractivity contribution in [3.05, 3.63) is 48.0 Å². The Bertz CT molecular complexity index is 679. The van der Waals surface area contributed by atoms with Gasteiger partial charge in [0, 0.05) is 0 Å². The van der Waals surface area contributed by atoms with Gasteiger partial charge in [0.05, 0.1) is 6.42 Å². The number of nitrogens with one attached hydrogen (secondary N) is 1. The van der Waals surface area contributed by atoms with Gasteiger partial charge in [-0.1, -0.05) is 56.3 Å². The zero-order valence-corrected chi connectivity index (χ0v) is 12.9. The van der Waals surface area contributed by atoms with E-state index in [9.17, 15) is 9.59 Å². The molecule has 0 spiro atoms. The van der Waals surface area contributed by atoms with E-state index in [-0.39, 0.29) is 18.2 Å². The summed E-state index contributed by atoms with van der Waals surface area (Å²) in [6, 6.07) is 13.0. The highest BCUT2D eigenvalue weighted by Crippen LogP contribution is 2.16. The van der Waals surface area contributed by atoms with Crippen LogP contribution in [0.4, 0.5) is 0 Å². The van der Waals surface area contributed by atoms with Gasteiger partial charge in [0.2, 0.25) is 5.91 Å². The monoisotopic (exact) mass is 299 g/mol. The summed E-state index contributed by atoms with van der Waals surface area (Å²) in [5.74, 6) is -1.04. The van der Waals surface area contributed by atoms with Crippen LogP contribution in [-0.4, -0.2) is 23.0 Å². The zero-order chi connectivity index (χ0) is 16.1. The predicted octanol–water partition coefficient (Wildman–Crippen LogP) is 3.00. The number of hydrogen-bond acceptors (Lipinski definition) is 2. The van der Waals surface area contributed by atoms with Crippen molar-refractivity contribution in [3.63, 3.8) is 0 Å². The predicted molar refractivity (Wildman–Crippen MR) is 86.7 cm³/mol. The van der Waals surface area contributed by atoms with E-state index >= 15 is 0 Å². The second-order valence-electron chi connectivity index (χ2n) is 5.95. The molecule has 0 fully saturated rings. The summed E-state index contributed by atoms with van der Waals surface area (Å²) in [6.45, 7) is 3.87. The average molecular weight is 299 g/mol. The van der Waals surface area contributed by atoms with E-state index < -0.39 is 12.0 Å². The zero-order valence-electron chi connectivity index (χ0n) is 12.9. The number of fused-ring (bicyclic) bond motifs is 1. The van der Waals surface area contributed by atoms with Crippen LogP contribution in [0.2, 0.25) is 0 Å². The number of carboxylic acid groups (broad SMARTS) is 1. The van der Waals surface area contributed by atoms with Gasteiger partial charge < -0.3 is 10.4 Å². The first-order chi connectivity index (χ1) is 10.5. The third-order valence-electron chi connectivity index (χ3n) is 3.52. The Kier molecular flexibility index (Phi) is 5.15. The first-order valence-electron chi connectivity index (χ1n) is 7.45. The van der Waals surface area contributed by atoms with E-state index in [0.29, 0.717) is 6.42 Å². The summed E-state index contributed by atoms with van der Waals surface area (Å²) in [4.78, 5) is 23.3. The standard InChI is InChI=1S/C18H21NO3/c1-12(2)9-16(18(21)22)19-17(20)11-13-7-8-14-5-3-4-6-15(14)10-13/h3-8,10,12,16H,9,11H2,1-2H3,(H,19,20)(H,21,22)/t16-/m1/s1. The average Bonchev–Trinajstić information content (AvgIpc) is 2.45. The van der Waals surface area contributed by atoms with Crippen molar-refractivity contribution in [2.75, 3.05) is 0 Å². The minimum Gasteiger partial charge on any atom is -0.480 e. The second-order valence-corrected chi connectivity index (χ2v) is 5.95. The van der Waals surface area contributed by atoms with Gasteiger partial charge in [-0.05, 0) is 28.7 Å². The normalized spacial score (nSPS) is 12.3. The van der Waals surface area contributed by atoms with Crippen LogP contribution in [0.3, 0.4) is 0 Å². The number of carbonyl (C=O) groups excluding carboxylic acids is 1. The third-order valence-corrected chi connectivity index (χ3v) is 3.52. The van der Waals surface area contributed by atoms with Gasteiger partial charge in [-0.25, -0.2) is 4.79 Å². The molecule has 0 heterocycles. The molecule has 1 atom stereocenters. The lowest BCUT2D eigenvalue weighted by Gasteiger charge is -2.16. The first kappa shape index (κ1) is 16.0. The van der Waals surface area contributed by atoms with E-state index in [2.05, 4.69) is 5.32 Å². The molecule has 22 heavy (non-hydrogen) atoms. The van der Waals surface area contributed by atoms with Gasteiger partial charge >= 0.3 is 5.97 Å². The highest BCUT2D eigenvalue weighted by atomic mass is 16.4. The van der Waals surface area contributed by atoms with Crippen LogP contribution in [0.25, 0.3) is 10.8 Å². The van der Waals surface area contributed by atoms with Gasteiger partial charge in [0.25, 0.3) is 0 Å². The highest BCUT2D eigenvalue weighted by molar-refractivity contribution is 5.87. The van der Waals surface area contributed by atoms with Gasteiger partial charge in [-0.2, -0.15) is 0 Å². The van der Waals surface area contributed by atoms with E-state index in [1.807, 2.05) is 56.3 Å². The second kappa shape index (κ2) is 7.07. The number of amides is 1. The SMILES string of the molecule is CC(C)C[C@@H](NC(=O)Cc1ccc2ccccc2c1)C(=O)O. The molecule has 0 aliphatic carbocycles. The minimum absolute atomic E-state index is 0.187. The molecule has 1 amide bonds.